The monoisotopic (exact) mass is 332 g/mol. The number of rotatable bonds is 5. The van der Waals surface area contributed by atoms with Crippen molar-refractivity contribution in [3.8, 4) is 0 Å². The van der Waals surface area contributed by atoms with Crippen molar-refractivity contribution in [2.24, 2.45) is 11.3 Å². The maximum absolute atomic E-state index is 12.6. The van der Waals surface area contributed by atoms with Crippen molar-refractivity contribution in [1.29, 1.82) is 0 Å². The summed E-state index contributed by atoms with van der Waals surface area (Å²) in [6.45, 7) is 8.68. The highest BCUT2D eigenvalue weighted by Crippen LogP contribution is 2.58. The van der Waals surface area contributed by atoms with Crippen LogP contribution in [0.3, 0.4) is 0 Å². The van der Waals surface area contributed by atoms with Crippen molar-refractivity contribution in [3.63, 3.8) is 0 Å². The molecule has 3 nitrogen and oxygen atoms in total. The van der Waals surface area contributed by atoms with Gasteiger partial charge in [0.1, 0.15) is 0 Å². The lowest BCUT2D eigenvalue weighted by Gasteiger charge is -2.23. The van der Waals surface area contributed by atoms with E-state index in [1.807, 2.05) is 17.8 Å². The second-order valence-electron chi connectivity index (χ2n) is 7.31. The molecule has 0 bridgehead atoms. The minimum Gasteiger partial charge on any atom is -0.326 e. The molecule has 1 heterocycles. The van der Waals surface area contributed by atoms with Gasteiger partial charge in [0.15, 0.2) is 0 Å². The van der Waals surface area contributed by atoms with E-state index in [9.17, 15) is 4.79 Å². The van der Waals surface area contributed by atoms with Crippen molar-refractivity contribution in [2.45, 2.75) is 51.0 Å². The van der Waals surface area contributed by atoms with Crippen LogP contribution in [0.25, 0.3) is 0 Å². The number of hydrogen-bond acceptors (Lipinski definition) is 3. The van der Waals surface area contributed by atoms with Gasteiger partial charge in [0.05, 0.1) is 0 Å². The Labute approximate surface area is 144 Å². The van der Waals surface area contributed by atoms with Crippen LogP contribution in [0, 0.1) is 18.3 Å². The highest BCUT2D eigenvalue weighted by Gasteiger charge is 2.57. The molecular weight excluding hydrogens is 304 g/mol. The molecule has 2 aliphatic rings. The predicted molar refractivity (Wildman–Crippen MR) is 98.9 cm³/mol. The van der Waals surface area contributed by atoms with E-state index in [2.05, 4.69) is 43.5 Å². The molecule has 1 aliphatic heterocycles. The number of thioether (sulfide) groups is 1. The Kier molecular flexibility index (Phi) is 5.02. The molecule has 1 aromatic rings. The minimum absolute atomic E-state index is 0.220. The van der Waals surface area contributed by atoms with Crippen molar-refractivity contribution in [2.75, 3.05) is 18.4 Å². The van der Waals surface area contributed by atoms with Crippen LogP contribution in [0.4, 0.5) is 5.69 Å². The molecule has 126 valence electrons. The van der Waals surface area contributed by atoms with Crippen molar-refractivity contribution >= 4 is 23.4 Å². The number of nitrogens with one attached hydrogen (secondary N) is 2. The number of anilines is 1. The smallest absolute Gasteiger partial charge is 0.228 e. The Morgan fingerprint density at radius 1 is 1.39 bits per heavy atom. The zero-order chi connectivity index (χ0) is 16.4. The summed E-state index contributed by atoms with van der Waals surface area (Å²) in [5.41, 5.74) is 3.84. The van der Waals surface area contributed by atoms with Crippen LogP contribution in [0.1, 0.15) is 44.2 Å². The van der Waals surface area contributed by atoms with E-state index in [-0.39, 0.29) is 11.8 Å². The van der Waals surface area contributed by atoms with Gasteiger partial charge in [-0.05, 0) is 67.1 Å². The van der Waals surface area contributed by atoms with Gasteiger partial charge >= 0.3 is 0 Å². The minimum atomic E-state index is 0.220. The summed E-state index contributed by atoms with van der Waals surface area (Å²) < 4.78 is 0. The van der Waals surface area contributed by atoms with Crippen molar-refractivity contribution in [1.82, 2.24) is 5.32 Å². The largest absolute Gasteiger partial charge is 0.326 e. The Morgan fingerprint density at radius 2 is 2.13 bits per heavy atom. The SMILES string of the molecule is Cc1c(CSC(C)C)cccc1NC(=O)C1CC12CCNCC2. The van der Waals surface area contributed by atoms with Gasteiger partial charge in [-0.3, -0.25) is 4.79 Å². The molecule has 1 unspecified atom stereocenters. The van der Waals surface area contributed by atoms with Crippen LogP contribution >= 0.6 is 11.8 Å². The van der Waals surface area contributed by atoms with Crippen LogP contribution < -0.4 is 10.6 Å². The molecule has 23 heavy (non-hydrogen) atoms. The highest BCUT2D eigenvalue weighted by atomic mass is 32.2. The zero-order valence-corrected chi connectivity index (χ0v) is 15.3. The second-order valence-corrected chi connectivity index (χ2v) is 8.87. The lowest BCUT2D eigenvalue weighted by atomic mass is 9.91. The van der Waals surface area contributed by atoms with Crippen LogP contribution in [0.5, 0.6) is 0 Å². The van der Waals surface area contributed by atoms with Gasteiger partial charge < -0.3 is 10.6 Å². The number of carbonyl (C=O) groups excluding carboxylic acids is 1. The first kappa shape index (κ1) is 16.8. The molecular formula is C19H28N2OS. The third kappa shape index (κ3) is 3.74. The molecule has 4 heteroatoms. The summed E-state index contributed by atoms with van der Waals surface area (Å²) in [6.07, 6.45) is 3.37. The molecule has 1 amide bonds. The summed E-state index contributed by atoms with van der Waals surface area (Å²) in [6, 6.07) is 6.27. The van der Waals surface area contributed by atoms with Crippen molar-refractivity contribution in [3.05, 3.63) is 29.3 Å². The van der Waals surface area contributed by atoms with E-state index in [1.165, 1.54) is 11.1 Å². The summed E-state index contributed by atoms with van der Waals surface area (Å²) in [7, 11) is 0. The van der Waals surface area contributed by atoms with Crippen LogP contribution in [0.15, 0.2) is 18.2 Å². The molecule has 1 saturated heterocycles. The molecule has 1 aliphatic carbocycles. The van der Waals surface area contributed by atoms with E-state index in [1.54, 1.807) is 0 Å². The molecule has 0 radical (unpaired) electrons. The topological polar surface area (TPSA) is 41.1 Å². The maximum Gasteiger partial charge on any atom is 0.228 e. The van der Waals surface area contributed by atoms with E-state index in [4.69, 9.17) is 0 Å². The summed E-state index contributed by atoms with van der Waals surface area (Å²) in [5.74, 6) is 1.45. The Balaban J connectivity index is 1.64. The van der Waals surface area contributed by atoms with E-state index in [0.29, 0.717) is 10.7 Å². The van der Waals surface area contributed by atoms with Gasteiger partial charge in [-0.1, -0.05) is 26.0 Å². The number of carbonyl (C=O) groups is 1. The second kappa shape index (κ2) is 6.86. The lowest BCUT2D eigenvalue weighted by molar-refractivity contribution is -0.118. The average molecular weight is 333 g/mol. The van der Waals surface area contributed by atoms with Crippen LogP contribution in [-0.4, -0.2) is 24.2 Å². The Morgan fingerprint density at radius 3 is 2.83 bits per heavy atom. The molecule has 1 spiro atoms. The summed E-state index contributed by atoms with van der Waals surface area (Å²) in [5, 5.41) is 7.22. The van der Waals surface area contributed by atoms with Gasteiger partial charge in [-0.2, -0.15) is 11.8 Å². The fraction of sp³-hybridized carbons (Fsp3) is 0.632. The van der Waals surface area contributed by atoms with Crippen molar-refractivity contribution < 1.29 is 4.79 Å². The average Bonchev–Trinajstić information content (AvgIpc) is 3.22. The number of hydrogen-bond donors (Lipinski definition) is 2. The Bertz CT molecular complexity index is 579. The summed E-state index contributed by atoms with van der Waals surface area (Å²) in [4.78, 5) is 12.6. The molecule has 1 saturated carbocycles. The quantitative estimate of drug-likeness (QED) is 0.857. The van der Waals surface area contributed by atoms with E-state index in [0.717, 1.165) is 43.8 Å². The normalized spacial score (nSPS) is 22.3. The van der Waals surface area contributed by atoms with Gasteiger partial charge in [0, 0.05) is 17.4 Å². The first-order chi connectivity index (χ1) is 11.0. The number of benzene rings is 1. The molecule has 1 atom stereocenters. The van der Waals surface area contributed by atoms with Crippen LogP contribution in [0.2, 0.25) is 0 Å². The first-order valence-electron chi connectivity index (χ1n) is 8.73. The molecule has 1 aromatic carbocycles. The molecule has 2 fully saturated rings. The Hall–Kier alpha value is -1.00. The third-order valence-electron chi connectivity index (χ3n) is 5.38. The standard InChI is InChI=1S/C19H28N2OS/c1-13(2)23-12-15-5-4-6-17(14(15)3)21-18(22)16-11-19(16)7-9-20-10-8-19/h4-6,13,16,20H,7-12H2,1-3H3,(H,21,22). The predicted octanol–water partition coefficient (Wildman–Crippen LogP) is 3.96. The first-order valence-corrected chi connectivity index (χ1v) is 9.78. The van der Waals surface area contributed by atoms with Gasteiger partial charge in [0.25, 0.3) is 0 Å². The van der Waals surface area contributed by atoms with Crippen LogP contribution in [-0.2, 0) is 10.5 Å². The molecule has 0 aromatic heterocycles. The van der Waals surface area contributed by atoms with E-state index >= 15 is 0 Å². The fourth-order valence-electron chi connectivity index (χ4n) is 3.65. The lowest BCUT2D eigenvalue weighted by Crippen LogP contribution is -2.31. The molecule has 3 rings (SSSR count). The number of amides is 1. The maximum atomic E-state index is 12.6. The fourth-order valence-corrected chi connectivity index (χ4v) is 4.47. The van der Waals surface area contributed by atoms with E-state index < -0.39 is 0 Å². The zero-order valence-electron chi connectivity index (χ0n) is 14.4. The van der Waals surface area contributed by atoms with Gasteiger partial charge in [0.2, 0.25) is 5.91 Å². The molecule has 2 N–H and O–H groups in total. The van der Waals surface area contributed by atoms with Gasteiger partial charge in [-0.15, -0.1) is 0 Å². The summed E-state index contributed by atoms with van der Waals surface area (Å²) >= 11 is 1.94. The number of piperidine rings is 1. The highest BCUT2D eigenvalue weighted by molar-refractivity contribution is 7.99. The van der Waals surface area contributed by atoms with Gasteiger partial charge in [-0.25, -0.2) is 0 Å². The third-order valence-corrected chi connectivity index (χ3v) is 6.53.